The molecule has 1 heterocycles. The van der Waals surface area contributed by atoms with Gasteiger partial charge in [0.25, 0.3) is 5.91 Å². The normalized spacial score (nSPS) is 14.4. The molecule has 3 aromatic rings. The largest absolute Gasteiger partial charge is 0.493 e. The maximum Gasteiger partial charge on any atom is 0.258 e. The van der Waals surface area contributed by atoms with Gasteiger partial charge in [-0.1, -0.05) is 35.9 Å². The van der Waals surface area contributed by atoms with E-state index < -0.39 is 0 Å². The predicted molar refractivity (Wildman–Crippen MR) is 144 cm³/mol. The van der Waals surface area contributed by atoms with Crippen LogP contribution in [-0.4, -0.2) is 51.3 Å². The molecule has 0 N–H and O–H groups in total. The Morgan fingerprint density at radius 2 is 1.56 bits per heavy atom. The molecule has 3 aromatic carbocycles. The topological polar surface area (TPSA) is 51.2 Å². The quantitative estimate of drug-likeness (QED) is 0.411. The molecule has 0 spiro atoms. The number of ether oxygens (including phenoxy) is 3. The van der Waals surface area contributed by atoms with Crippen LogP contribution in [0, 0.1) is 13.8 Å². The van der Waals surface area contributed by atoms with Crippen LogP contribution < -0.4 is 19.1 Å². The van der Waals surface area contributed by atoms with E-state index >= 15 is 0 Å². The molecule has 0 aromatic heterocycles. The maximum atomic E-state index is 13.7. The van der Waals surface area contributed by atoms with Gasteiger partial charge in [0.1, 0.15) is 0 Å². The standard InChI is InChI=1S/C30H36N2O4/c1-21-9-11-23(12-10-21)30(33)32(26-8-6-7-22(2)19-26)25-15-17-31(18-16-25)20-24-13-14-27(34-3)29(36-5)28(24)35-4/h6-14,19,25H,15-18,20H2,1-5H3. The van der Waals surface area contributed by atoms with E-state index in [-0.39, 0.29) is 11.9 Å². The molecule has 0 unspecified atom stereocenters. The third-order valence-corrected chi connectivity index (χ3v) is 6.90. The summed E-state index contributed by atoms with van der Waals surface area (Å²) in [5.74, 6) is 2.03. The van der Waals surface area contributed by atoms with Gasteiger partial charge in [0.05, 0.1) is 21.3 Å². The number of methoxy groups -OCH3 is 3. The maximum absolute atomic E-state index is 13.7. The van der Waals surface area contributed by atoms with Crippen LogP contribution in [0.2, 0.25) is 0 Å². The average molecular weight is 489 g/mol. The van der Waals surface area contributed by atoms with E-state index in [0.717, 1.165) is 60.4 Å². The van der Waals surface area contributed by atoms with Gasteiger partial charge < -0.3 is 19.1 Å². The van der Waals surface area contributed by atoms with Crippen molar-refractivity contribution < 1.29 is 19.0 Å². The van der Waals surface area contributed by atoms with Gasteiger partial charge >= 0.3 is 0 Å². The highest BCUT2D eigenvalue weighted by Gasteiger charge is 2.30. The number of rotatable bonds is 8. The highest BCUT2D eigenvalue weighted by Crippen LogP contribution is 2.40. The van der Waals surface area contributed by atoms with Gasteiger partial charge in [-0.15, -0.1) is 0 Å². The number of nitrogens with zero attached hydrogens (tertiary/aromatic N) is 2. The summed E-state index contributed by atoms with van der Waals surface area (Å²) in [5, 5.41) is 0. The first-order valence-corrected chi connectivity index (χ1v) is 12.4. The van der Waals surface area contributed by atoms with Crippen LogP contribution in [0.25, 0.3) is 0 Å². The van der Waals surface area contributed by atoms with Crippen LogP contribution in [0.3, 0.4) is 0 Å². The molecule has 0 aliphatic carbocycles. The fourth-order valence-electron chi connectivity index (χ4n) is 4.97. The number of hydrogen-bond donors (Lipinski definition) is 0. The lowest BCUT2D eigenvalue weighted by Gasteiger charge is -2.39. The van der Waals surface area contributed by atoms with Crippen molar-refractivity contribution in [2.45, 2.75) is 39.3 Å². The summed E-state index contributed by atoms with van der Waals surface area (Å²) in [6.07, 6.45) is 1.78. The molecule has 4 rings (SSSR count). The molecule has 0 atom stereocenters. The molecule has 190 valence electrons. The van der Waals surface area contributed by atoms with E-state index in [1.165, 1.54) is 0 Å². The SMILES string of the molecule is COc1ccc(CN2CCC(N(C(=O)c3ccc(C)cc3)c3cccc(C)c3)CC2)c(OC)c1OC. The molecule has 1 amide bonds. The predicted octanol–water partition coefficient (Wildman–Crippen LogP) is 5.64. The molecule has 36 heavy (non-hydrogen) atoms. The van der Waals surface area contributed by atoms with Crippen molar-refractivity contribution in [3.05, 3.63) is 82.9 Å². The van der Waals surface area contributed by atoms with Crippen molar-refractivity contribution in [2.75, 3.05) is 39.3 Å². The zero-order valence-electron chi connectivity index (χ0n) is 21.9. The second kappa shape index (κ2) is 11.5. The second-order valence-electron chi connectivity index (χ2n) is 9.38. The Balaban J connectivity index is 1.53. The zero-order chi connectivity index (χ0) is 25.7. The van der Waals surface area contributed by atoms with Gasteiger partial charge in [-0.25, -0.2) is 0 Å². The second-order valence-corrected chi connectivity index (χ2v) is 9.38. The van der Waals surface area contributed by atoms with Crippen molar-refractivity contribution in [1.82, 2.24) is 4.90 Å². The highest BCUT2D eigenvalue weighted by atomic mass is 16.5. The van der Waals surface area contributed by atoms with Crippen LogP contribution in [0.4, 0.5) is 5.69 Å². The van der Waals surface area contributed by atoms with Crippen molar-refractivity contribution in [3.63, 3.8) is 0 Å². The number of hydrogen-bond acceptors (Lipinski definition) is 5. The molecule has 0 saturated carbocycles. The van der Waals surface area contributed by atoms with Crippen molar-refractivity contribution in [3.8, 4) is 17.2 Å². The Kier molecular flexibility index (Phi) is 8.16. The number of likely N-dealkylation sites (tertiary alicyclic amines) is 1. The number of piperidine rings is 1. The van der Waals surface area contributed by atoms with E-state index in [1.54, 1.807) is 21.3 Å². The molecule has 6 nitrogen and oxygen atoms in total. The molecule has 1 aliphatic rings. The monoisotopic (exact) mass is 488 g/mol. The van der Waals surface area contributed by atoms with Gasteiger partial charge in [-0.3, -0.25) is 9.69 Å². The average Bonchev–Trinajstić information content (AvgIpc) is 2.89. The summed E-state index contributed by atoms with van der Waals surface area (Å²) in [6, 6.07) is 20.2. The van der Waals surface area contributed by atoms with Crippen LogP contribution >= 0.6 is 0 Å². The van der Waals surface area contributed by atoms with Gasteiger partial charge in [0.2, 0.25) is 5.75 Å². The van der Waals surface area contributed by atoms with Crippen molar-refractivity contribution in [2.24, 2.45) is 0 Å². The summed E-state index contributed by atoms with van der Waals surface area (Å²) in [4.78, 5) is 18.1. The van der Waals surface area contributed by atoms with Crippen molar-refractivity contribution >= 4 is 11.6 Å². The van der Waals surface area contributed by atoms with Crippen LogP contribution in [0.5, 0.6) is 17.2 Å². The van der Waals surface area contributed by atoms with Gasteiger partial charge in [-0.2, -0.15) is 0 Å². The lowest BCUT2D eigenvalue weighted by Crippen LogP contribution is -2.47. The molecule has 1 aliphatic heterocycles. The summed E-state index contributed by atoms with van der Waals surface area (Å²) >= 11 is 0. The number of amides is 1. The minimum absolute atomic E-state index is 0.0561. The lowest BCUT2D eigenvalue weighted by molar-refractivity contribution is 0.0958. The van der Waals surface area contributed by atoms with Crippen LogP contribution in [-0.2, 0) is 6.54 Å². The Labute approximate surface area is 214 Å². The number of aryl methyl sites for hydroxylation is 2. The third kappa shape index (κ3) is 5.49. The minimum atomic E-state index is 0.0561. The Morgan fingerprint density at radius 3 is 2.17 bits per heavy atom. The Bertz CT molecular complexity index is 1180. The summed E-state index contributed by atoms with van der Waals surface area (Å²) in [6.45, 7) is 6.61. The Hall–Kier alpha value is -3.51. The Morgan fingerprint density at radius 1 is 0.861 bits per heavy atom. The number of benzene rings is 3. The number of carbonyl (C=O) groups excluding carboxylic acids is 1. The summed E-state index contributed by atoms with van der Waals surface area (Å²) in [7, 11) is 4.91. The molecule has 1 fully saturated rings. The fourth-order valence-corrected chi connectivity index (χ4v) is 4.97. The number of carbonyl (C=O) groups is 1. The molecular formula is C30H36N2O4. The van der Waals surface area contributed by atoms with Crippen LogP contribution in [0.1, 0.15) is 39.9 Å². The van der Waals surface area contributed by atoms with Gasteiger partial charge in [-0.05, 0) is 62.6 Å². The first kappa shape index (κ1) is 25.6. The van der Waals surface area contributed by atoms with E-state index in [2.05, 4.69) is 24.0 Å². The smallest absolute Gasteiger partial charge is 0.258 e. The van der Waals surface area contributed by atoms with E-state index in [9.17, 15) is 4.79 Å². The summed E-state index contributed by atoms with van der Waals surface area (Å²) < 4.78 is 16.7. The highest BCUT2D eigenvalue weighted by molar-refractivity contribution is 6.06. The zero-order valence-corrected chi connectivity index (χ0v) is 21.9. The van der Waals surface area contributed by atoms with E-state index in [0.29, 0.717) is 17.2 Å². The number of anilines is 1. The van der Waals surface area contributed by atoms with Crippen molar-refractivity contribution in [1.29, 1.82) is 0 Å². The minimum Gasteiger partial charge on any atom is -0.493 e. The van der Waals surface area contributed by atoms with Crippen LogP contribution in [0.15, 0.2) is 60.7 Å². The van der Waals surface area contributed by atoms with E-state index in [1.807, 2.05) is 60.4 Å². The summed E-state index contributed by atoms with van der Waals surface area (Å²) in [5.41, 5.74) is 5.03. The molecule has 1 saturated heterocycles. The first-order valence-electron chi connectivity index (χ1n) is 12.4. The molecule has 0 radical (unpaired) electrons. The molecule has 6 heteroatoms. The van der Waals surface area contributed by atoms with E-state index in [4.69, 9.17) is 14.2 Å². The first-order chi connectivity index (χ1) is 17.4. The fraction of sp³-hybridized carbons (Fsp3) is 0.367. The van der Waals surface area contributed by atoms with Gasteiger partial charge in [0.15, 0.2) is 11.5 Å². The molecule has 0 bridgehead atoms. The lowest BCUT2D eigenvalue weighted by atomic mass is 9.99. The third-order valence-electron chi connectivity index (χ3n) is 6.90. The van der Waals surface area contributed by atoms with Gasteiger partial charge in [0, 0.05) is 42.5 Å². The molecular weight excluding hydrogens is 452 g/mol.